The number of hydrogen-bond acceptors (Lipinski definition) is 6. The average Bonchev–Trinajstić information content (AvgIpc) is 3.00. The van der Waals surface area contributed by atoms with Crippen LogP contribution in [0, 0.1) is 12.3 Å². The lowest BCUT2D eigenvalue weighted by Crippen LogP contribution is -2.41. The monoisotopic (exact) mass is 463 g/mol. The smallest absolute Gasteiger partial charge is 0.244 e. The van der Waals surface area contributed by atoms with Gasteiger partial charge in [-0.3, -0.25) is 19.3 Å². The Bertz CT molecular complexity index is 1030. The van der Waals surface area contributed by atoms with Gasteiger partial charge in [0.2, 0.25) is 27.7 Å². The zero-order valence-electron chi connectivity index (χ0n) is 18.3. The van der Waals surface area contributed by atoms with Crippen molar-refractivity contribution in [3.63, 3.8) is 0 Å². The molecule has 2 heterocycles. The number of ether oxygens (including phenoxy) is 1. The first-order valence-corrected chi connectivity index (χ1v) is 12.5. The van der Waals surface area contributed by atoms with Crippen molar-refractivity contribution >= 4 is 33.4 Å². The molecule has 1 N–H and O–H groups in total. The minimum atomic E-state index is -3.73. The van der Waals surface area contributed by atoms with Gasteiger partial charge in [0.1, 0.15) is 6.54 Å². The van der Waals surface area contributed by atoms with Crippen LogP contribution in [0.2, 0.25) is 0 Å². The van der Waals surface area contributed by atoms with E-state index < -0.39 is 21.3 Å². The summed E-state index contributed by atoms with van der Waals surface area (Å²) in [6, 6.07) is 4.67. The summed E-state index contributed by atoms with van der Waals surface area (Å²) in [6.45, 7) is 2.57. The molecule has 0 bridgehead atoms. The molecule has 32 heavy (non-hydrogen) atoms. The van der Waals surface area contributed by atoms with E-state index in [1.165, 1.54) is 10.4 Å². The van der Waals surface area contributed by atoms with Gasteiger partial charge in [0.05, 0.1) is 23.5 Å². The third kappa shape index (κ3) is 4.31. The van der Waals surface area contributed by atoms with Gasteiger partial charge in [-0.15, -0.1) is 0 Å². The molecule has 1 spiro atoms. The van der Waals surface area contributed by atoms with Gasteiger partial charge in [0.15, 0.2) is 0 Å². The summed E-state index contributed by atoms with van der Waals surface area (Å²) in [5.41, 5.74) is 0.233. The Balaban J connectivity index is 1.46. The number of nitrogens with zero attached hydrogens (tertiary/aromatic N) is 2. The molecular weight excluding hydrogens is 434 g/mol. The zero-order valence-corrected chi connectivity index (χ0v) is 19.1. The van der Waals surface area contributed by atoms with E-state index in [-0.39, 0.29) is 42.8 Å². The topological polar surface area (TPSA) is 113 Å². The van der Waals surface area contributed by atoms with Gasteiger partial charge in [0.25, 0.3) is 0 Å². The van der Waals surface area contributed by atoms with Crippen LogP contribution in [0.4, 0.5) is 5.69 Å². The van der Waals surface area contributed by atoms with Crippen LogP contribution in [0.1, 0.15) is 44.1 Å². The van der Waals surface area contributed by atoms with Gasteiger partial charge in [-0.05, 0) is 37.5 Å². The van der Waals surface area contributed by atoms with E-state index in [1.807, 2.05) is 0 Å². The average molecular weight is 464 g/mol. The van der Waals surface area contributed by atoms with Crippen LogP contribution < -0.4 is 5.32 Å². The number of amides is 3. The number of anilines is 1. The van der Waals surface area contributed by atoms with E-state index in [4.69, 9.17) is 4.74 Å². The van der Waals surface area contributed by atoms with Crippen molar-refractivity contribution in [2.45, 2.75) is 50.3 Å². The molecule has 0 atom stereocenters. The van der Waals surface area contributed by atoms with E-state index in [0.29, 0.717) is 37.3 Å². The van der Waals surface area contributed by atoms with Crippen molar-refractivity contribution in [3.05, 3.63) is 23.8 Å². The quantitative estimate of drug-likeness (QED) is 0.665. The molecule has 1 aromatic carbocycles. The summed E-state index contributed by atoms with van der Waals surface area (Å²) in [5.74, 6) is -1.10. The van der Waals surface area contributed by atoms with Gasteiger partial charge < -0.3 is 10.1 Å². The van der Waals surface area contributed by atoms with Crippen molar-refractivity contribution < 1.29 is 27.5 Å². The summed E-state index contributed by atoms with van der Waals surface area (Å²) in [7, 11) is -3.73. The number of rotatable bonds is 5. The lowest BCUT2D eigenvalue weighted by atomic mass is 9.73. The number of nitrogens with one attached hydrogen (secondary N) is 1. The highest BCUT2D eigenvalue weighted by Gasteiger charge is 2.51. The van der Waals surface area contributed by atoms with Crippen LogP contribution in [0.3, 0.4) is 0 Å². The predicted molar refractivity (Wildman–Crippen MR) is 116 cm³/mol. The molecule has 0 radical (unpaired) electrons. The van der Waals surface area contributed by atoms with E-state index in [1.54, 1.807) is 19.1 Å². The molecule has 1 aliphatic carbocycles. The highest BCUT2D eigenvalue weighted by Crippen LogP contribution is 2.45. The number of morpholine rings is 1. The second-order valence-corrected chi connectivity index (χ2v) is 10.8. The fourth-order valence-electron chi connectivity index (χ4n) is 4.87. The van der Waals surface area contributed by atoms with Crippen molar-refractivity contribution in [1.82, 2.24) is 9.21 Å². The Morgan fingerprint density at radius 1 is 1.12 bits per heavy atom. The van der Waals surface area contributed by atoms with E-state index in [9.17, 15) is 22.8 Å². The first kappa shape index (κ1) is 22.9. The fourth-order valence-corrected chi connectivity index (χ4v) is 6.52. The van der Waals surface area contributed by atoms with Crippen LogP contribution in [0.25, 0.3) is 0 Å². The second-order valence-electron chi connectivity index (χ2n) is 8.85. The molecule has 1 saturated carbocycles. The lowest BCUT2D eigenvalue weighted by molar-refractivity contribution is -0.144. The molecule has 0 unspecified atom stereocenters. The highest BCUT2D eigenvalue weighted by atomic mass is 32.2. The van der Waals surface area contributed by atoms with Crippen LogP contribution in [-0.2, 0) is 29.1 Å². The normalized spacial score (nSPS) is 21.8. The van der Waals surface area contributed by atoms with Crippen molar-refractivity contribution in [2.24, 2.45) is 5.41 Å². The van der Waals surface area contributed by atoms with Crippen LogP contribution in [0.15, 0.2) is 23.1 Å². The van der Waals surface area contributed by atoms with E-state index in [0.717, 1.165) is 24.2 Å². The molecule has 4 rings (SSSR count). The molecule has 3 fully saturated rings. The Kier molecular flexibility index (Phi) is 6.37. The van der Waals surface area contributed by atoms with Gasteiger partial charge in [-0.2, -0.15) is 4.31 Å². The van der Waals surface area contributed by atoms with Crippen LogP contribution >= 0.6 is 0 Å². The number of aryl methyl sites for hydroxylation is 1. The van der Waals surface area contributed by atoms with Gasteiger partial charge in [0, 0.05) is 25.2 Å². The summed E-state index contributed by atoms with van der Waals surface area (Å²) in [4.78, 5) is 39.2. The third-order valence-electron chi connectivity index (χ3n) is 6.66. The summed E-state index contributed by atoms with van der Waals surface area (Å²) >= 11 is 0. The Morgan fingerprint density at radius 3 is 2.50 bits per heavy atom. The number of imide groups is 1. The molecule has 0 aromatic heterocycles. The molecule has 2 saturated heterocycles. The van der Waals surface area contributed by atoms with E-state index in [2.05, 4.69) is 5.32 Å². The van der Waals surface area contributed by atoms with Crippen molar-refractivity contribution in [2.75, 3.05) is 38.2 Å². The number of carbonyl (C=O) groups excluding carboxylic acids is 3. The first-order chi connectivity index (χ1) is 15.2. The number of carbonyl (C=O) groups is 3. The fraction of sp³-hybridized carbons (Fsp3) is 0.591. The maximum absolute atomic E-state index is 13.0. The summed E-state index contributed by atoms with van der Waals surface area (Å²) < 4.78 is 32.7. The number of hydrogen-bond donors (Lipinski definition) is 1. The molecule has 9 nitrogen and oxygen atoms in total. The SMILES string of the molecule is Cc1ccc(NC(=O)CN2C(=O)CC3(CCCCC3)C2=O)cc1S(=O)(=O)N1CCOCC1. The molecule has 3 amide bonds. The number of sulfonamides is 1. The Hall–Kier alpha value is -2.30. The molecule has 3 aliphatic rings. The van der Waals surface area contributed by atoms with Crippen LogP contribution in [-0.4, -0.2) is 68.2 Å². The summed E-state index contributed by atoms with van der Waals surface area (Å²) in [6.07, 6.45) is 4.46. The standard InChI is InChI=1S/C22H29N3O6S/c1-16-5-6-17(13-18(16)32(29,30)24-9-11-31-12-10-24)23-19(26)15-25-20(27)14-22(21(25)28)7-3-2-4-8-22/h5-6,13H,2-4,7-12,14-15H2,1H3,(H,23,26). The Labute approximate surface area is 188 Å². The lowest BCUT2D eigenvalue weighted by Gasteiger charge is -2.30. The van der Waals surface area contributed by atoms with Gasteiger partial charge in [-0.1, -0.05) is 25.3 Å². The minimum absolute atomic E-state index is 0.117. The zero-order chi connectivity index (χ0) is 22.9. The Morgan fingerprint density at radius 2 is 1.81 bits per heavy atom. The summed E-state index contributed by atoms with van der Waals surface area (Å²) in [5, 5.41) is 2.65. The van der Waals surface area contributed by atoms with Gasteiger partial charge in [-0.25, -0.2) is 8.42 Å². The molecule has 2 aliphatic heterocycles. The molecule has 1 aromatic rings. The van der Waals surface area contributed by atoms with Crippen molar-refractivity contribution in [1.29, 1.82) is 0 Å². The highest BCUT2D eigenvalue weighted by molar-refractivity contribution is 7.89. The maximum atomic E-state index is 13.0. The molecule has 10 heteroatoms. The molecule has 174 valence electrons. The molecular formula is C22H29N3O6S. The van der Waals surface area contributed by atoms with Crippen LogP contribution in [0.5, 0.6) is 0 Å². The first-order valence-electron chi connectivity index (χ1n) is 11.1. The largest absolute Gasteiger partial charge is 0.379 e. The maximum Gasteiger partial charge on any atom is 0.244 e. The van der Waals surface area contributed by atoms with Crippen molar-refractivity contribution in [3.8, 4) is 0 Å². The number of likely N-dealkylation sites (tertiary alicyclic amines) is 1. The number of benzene rings is 1. The third-order valence-corrected chi connectivity index (χ3v) is 8.70. The van der Waals surface area contributed by atoms with Gasteiger partial charge >= 0.3 is 0 Å². The predicted octanol–water partition coefficient (Wildman–Crippen LogP) is 1.66. The second kappa shape index (κ2) is 8.92. The minimum Gasteiger partial charge on any atom is -0.379 e. The van der Waals surface area contributed by atoms with E-state index >= 15 is 0 Å².